The third-order valence-electron chi connectivity index (χ3n) is 2.78. The average molecular weight is 267 g/mol. The van der Waals surface area contributed by atoms with E-state index in [1.54, 1.807) is 7.11 Å². The normalized spacial score (nSPS) is 12.4. The molecule has 4 nitrogen and oxygen atoms in total. The summed E-state index contributed by atoms with van der Waals surface area (Å²) in [5.41, 5.74) is 8.20. The Bertz CT molecular complexity index is 366. The predicted octanol–water partition coefficient (Wildman–Crippen LogP) is 2.45. The molecule has 0 saturated carbocycles. The van der Waals surface area contributed by atoms with Crippen LogP contribution in [0.4, 0.5) is 0 Å². The molecule has 0 amide bonds. The van der Waals surface area contributed by atoms with Crippen molar-refractivity contribution >= 4 is 0 Å². The summed E-state index contributed by atoms with van der Waals surface area (Å²) >= 11 is 0. The van der Waals surface area contributed by atoms with E-state index < -0.39 is 0 Å². The minimum atomic E-state index is -0.0205. The summed E-state index contributed by atoms with van der Waals surface area (Å²) in [4.78, 5) is 0. The molecule has 0 radical (unpaired) electrons. The molecule has 0 bridgehead atoms. The van der Waals surface area contributed by atoms with Gasteiger partial charge in [-0.25, -0.2) is 0 Å². The second kappa shape index (κ2) is 8.91. The molecule has 0 unspecified atom stereocenters. The largest absolute Gasteiger partial charge is 0.493 e. The smallest absolute Gasteiger partial charge is 0.124 e. The predicted molar refractivity (Wildman–Crippen MR) is 76.6 cm³/mol. The number of rotatable bonds is 9. The highest BCUT2D eigenvalue weighted by Crippen LogP contribution is 2.25. The van der Waals surface area contributed by atoms with E-state index in [2.05, 4.69) is 13.0 Å². The Kier molecular flexibility index (Phi) is 7.48. The van der Waals surface area contributed by atoms with E-state index in [4.69, 9.17) is 19.9 Å². The zero-order valence-electron chi connectivity index (χ0n) is 12.1. The molecular formula is C15H25NO3. The SMILES string of the molecule is COCCOCCCOc1ccc(C)cc1[C@@H](C)N. The summed E-state index contributed by atoms with van der Waals surface area (Å²) in [6.45, 7) is 6.60. The van der Waals surface area contributed by atoms with E-state index >= 15 is 0 Å². The van der Waals surface area contributed by atoms with Crippen LogP contribution < -0.4 is 10.5 Å². The molecule has 1 atom stereocenters. The van der Waals surface area contributed by atoms with Gasteiger partial charge in [-0.15, -0.1) is 0 Å². The molecule has 0 aliphatic heterocycles. The molecule has 0 saturated heterocycles. The van der Waals surface area contributed by atoms with E-state index in [-0.39, 0.29) is 6.04 Å². The summed E-state index contributed by atoms with van der Waals surface area (Å²) in [6.07, 6.45) is 0.857. The van der Waals surface area contributed by atoms with Crippen molar-refractivity contribution in [3.05, 3.63) is 29.3 Å². The van der Waals surface area contributed by atoms with Crippen LogP contribution in [0.1, 0.15) is 30.5 Å². The van der Waals surface area contributed by atoms with Crippen molar-refractivity contribution in [3.63, 3.8) is 0 Å². The zero-order valence-corrected chi connectivity index (χ0v) is 12.1. The molecule has 19 heavy (non-hydrogen) atoms. The van der Waals surface area contributed by atoms with Gasteiger partial charge in [0.05, 0.1) is 19.8 Å². The van der Waals surface area contributed by atoms with Gasteiger partial charge in [-0.05, 0) is 19.9 Å². The van der Waals surface area contributed by atoms with Gasteiger partial charge in [0, 0.05) is 31.7 Å². The minimum Gasteiger partial charge on any atom is -0.493 e. The van der Waals surface area contributed by atoms with E-state index in [0.717, 1.165) is 17.7 Å². The maximum atomic E-state index is 5.95. The lowest BCUT2D eigenvalue weighted by atomic mass is 10.1. The van der Waals surface area contributed by atoms with Gasteiger partial charge in [-0.2, -0.15) is 0 Å². The fraction of sp³-hybridized carbons (Fsp3) is 0.600. The maximum Gasteiger partial charge on any atom is 0.124 e. The first-order valence-corrected chi connectivity index (χ1v) is 6.70. The molecule has 1 rings (SSSR count). The Morgan fingerprint density at radius 1 is 1.16 bits per heavy atom. The number of methoxy groups -OCH3 is 1. The second-order valence-corrected chi connectivity index (χ2v) is 4.64. The third kappa shape index (κ3) is 6.05. The Balaban J connectivity index is 2.33. The number of benzene rings is 1. The van der Waals surface area contributed by atoms with Crippen LogP contribution in [-0.4, -0.2) is 33.5 Å². The van der Waals surface area contributed by atoms with Crippen molar-refractivity contribution < 1.29 is 14.2 Å². The van der Waals surface area contributed by atoms with E-state index in [9.17, 15) is 0 Å². The van der Waals surface area contributed by atoms with Crippen molar-refractivity contribution in [2.75, 3.05) is 33.5 Å². The highest BCUT2D eigenvalue weighted by molar-refractivity contribution is 5.38. The van der Waals surface area contributed by atoms with E-state index in [1.807, 2.05) is 19.1 Å². The first-order chi connectivity index (χ1) is 9.15. The highest BCUT2D eigenvalue weighted by Gasteiger charge is 2.08. The van der Waals surface area contributed by atoms with Crippen molar-refractivity contribution in [3.8, 4) is 5.75 Å². The molecular weight excluding hydrogens is 242 g/mol. The fourth-order valence-corrected chi connectivity index (χ4v) is 1.74. The fourth-order valence-electron chi connectivity index (χ4n) is 1.74. The lowest BCUT2D eigenvalue weighted by Gasteiger charge is -2.14. The number of nitrogens with two attached hydrogens (primary N) is 1. The second-order valence-electron chi connectivity index (χ2n) is 4.64. The van der Waals surface area contributed by atoms with Crippen LogP contribution in [-0.2, 0) is 9.47 Å². The van der Waals surface area contributed by atoms with Crippen molar-refractivity contribution in [1.82, 2.24) is 0 Å². The van der Waals surface area contributed by atoms with E-state index in [1.165, 1.54) is 5.56 Å². The molecule has 1 aromatic carbocycles. The van der Waals surface area contributed by atoms with Crippen molar-refractivity contribution in [2.45, 2.75) is 26.3 Å². The molecule has 108 valence electrons. The zero-order chi connectivity index (χ0) is 14.1. The molecule has 0 aliphatic carbocycles. The third-order valence-corrected chi connectivity index (χ3v) is 2.78. The molecule has 0 aliphatic rings. The molecule has 0 fully saturated rings. The Morgan fingerprint density at radius 3 is 2.63 bits per heavy atom. The van der Waals surface area contributed by atoms with Crippen LogP contribution in [0.5, 0.6) is 5.75 Å². The molecule has 0 heterocycles. The monoisotopic (exact) mass is 267 g/mol. The minimum absolute atomic E-state index is 0.0205. The van der Waals surface area contributed by atoms with Crippen molar-refractivity contribution in [1.29, 1.82) is 0 Å². The molecule has 2 N–H and O–H groups in total. The summed E-state index contributed by atoms with van der Waals surface area (Å²) < 4.78 is 16.0. The van der Waals surface area contributed by atoms with Gasteiger partial charge in [0.15, 0.2) is 0 Å². The number of hydrogen-bond acceptors (Lipinski definition) is 4. The summed E-state index contributed by atoms with van der Waals surface area (Å²) in [7, 11) is 1.67. The van der Waals surface area contributed by atoms with Gasteiger partial charge in [0.2, 0.25) is 0 Å². The van der Waals surface area contributed by atoms with E-state index in [0.29, 0.717) is 26.4 Å². The van der Waals surface area contributed by atoms with Gasteiger partial charge >= 0.3 is 0 Å². The first-order valence-electron chi connectivity index (χ1n) is 6.70. The first kappa shape index (κ1) is 16.0. The molecule has 1 aromatic rings. The standard InChI is InChI=1S/C15H25NO3/c1-12-5-6-15(14(11-12)13(2)16)19-8-4-7-18-10-9-17-3/h5-6,11,13H,4,7-10,16H2,1-3H3/t13-/m1/s1. The Labute approximate surface area is 115 Å². The average Bonchev–Trinajstić information content (AvgIpc) is 2.39. The lowest BCUT2D eigenvalue weighted by molar-refractivity contribution is 0.0644. The van der Waals surface area contributed by atoms with Gasteiger partial charge in [-0.3, -0.25) is 0 Å². The van der Waals surface area contributed by atoms with Crippen LogP contribution in [0.15, 0.2) is 18.2 Å². The summed E-state index contributed by atoms with van der Waals surface area (Å²) in [5, 5.41) is 0. The molecule has 0 aromatic heterocycles. The van der Waals surface area contributed by atoms with Crippen LogP contribution in [0, 0.1) is 6.92 Å². The molecule has 0 spiro atoms. The van der Waals surface area contributed by atoms with Crippen LogP contribution >= 0.6 is 0 Å². The van der Waals surface area contributed by atoms with Crippen LogP contribution in [0.2, 0.25) is 0 Å². The van der Waals surface area contributed by atoms with Gasteiger partial charge in [0.1, 0.15) is 5.75 Å². The summed E-state index contributed by atoms with van der Waals surface area (Å²) in [5.74, 6) is 0.873. The molecule has 4 heteroatoms. The van der Waals surface area contributed by atoms with Crippen LogP contribution in [0.3, 0.4) is 0 Å². The summed E-state index contributed by atoms with van der Waals surface area (Å²) in [6, 6.07) is 6.08. The number of aryl methyl sites for hydroxylation is 1. The number of ether oxygens (including phenoxy) is 3. The van der Waals surface area contributed by atoms with Gasteiger partial charge in [0.25, 0.3) is 0 Å². The Hall–Kier alpha value is -1.10. The topological polar surface area (TPSA) is 53.7 Å². The van der Waals surface area contributed by atoms with Gasteiger partial charge < -0.3 is 19.9 Å². The quantitative estimate of drug-likeness (QED) is 0.698. The van der Waals surface area contributed by atoms with Crippen molar-refractivity contribution in [2.24, 2.45) is 5.73 Å². The Morgan fingerprint density at radius 2 is 1.95 bits per heavy atom. The van der Waals surface area contributed by atoms with Gasteiger partial charge in [-0.1, -0.05) is 17.7 Å². The lowest BCUT2D eigenvalue weighted by Crippen LogP contribution is -2.10. The number of hydrogen-bond donors (Lipinski definition) is 1. The maximum absolute atomic E-state index is 5.95. The van der Waals surface area contributed by atoms with Crippen LogP contribution in [0.25, 0.3) is 0 Å². The highest BCUT2D eigenvalue weighted by atomic mass is 16.5.